The second-order valence-electron chi connectivity index (χ2n) is 2.08. The van der Waals surface area contributed by atoms with Gasteiger partial charge in [0.1, 0.15) is 7.05 Å². The average molecular weight is 138 g/mol. The quantitative estimate of drug-likeness (QED) is 0.554. The Bertz CT molecular complexity index is 210. The number of ether oxygens (including phenoxy) is 1. The van der Waals surface area contributed by atoms with Gasteiger partial charge in [-0.25, -0.2) is 0 Å². The van der Waals surface area contributed by atoms with E-state index in [-0.39, 0.29) is 0 Å². The van der Waals surface area contributed by atoms with Crippen LogP contribution in [-0.2, 0) is 7.05 Å². The number of hydrogen-bond donors (Lipinski definition) is 0. The van der Waals surface area contributed by atoms with Gasteiger partial charge in [0.2, 0.25) is 0 Å². The summed E-state index contributed by atoms with van der Waals surface area (Å²) >= 11 is 0. The molecule has 1 aromatic rings. The van der Waals surface area contributed by atoms with E-state index in [9.17, 15) is 0 Å². The molecular formula is C8H12NO+. The molecule has 0 unspecified atom stereocenters. The molecule has 0 atom stereocenters. The van der Waals surface area contributed by atoms with Crippen LogP contribution in [0.3, 0.4) is 0 Å². The minimum atomic E-state index is 0.720. The van der Waals surface area contributed by atoms with Gasteiger partial charge in [-0.15, -0.1) is 0 Å². The van der Waals surface area contributed by atoms with Crippen LogP contribution in [0.25, 0.3) is 0 Å². The van der Waals surface area contributed by atoms with Crippen molar-refractivity contribution in [3.8, 4) is 5.88 Å². The molecule has 0 aliphatic carbocycles. The summed E-state index contributed by atoms with van der Waals surface area (Å²) in [7, 11) is 1.96. The van der Waals surface area contributed by atoms with Crippen molar-refractivity contribution in [2.45, 2.75) is 6.92 Å². The third-order valence-electron chi connectivity index (χ3n) is 1.30. The Balaban J connectivity index is 2.81. The molecule has 0 saturated heterocycles. The van der Waals surface area contributed by atoms with Crippen LogP contribution in [-0.4, -0.2) is 6.61 Å². The zero-order valence-corrected chi connectivity index (χ0v) is 6.37. The molecule has 0 aliphatic heterocycles. The van der Waals surface area contributed by atoms with E-state index in [4.69, 9.17) is 4.74 Å². The van der Waals surface area contributed by atoms with Crippen LogP contribution in [0.4, 0.5) is 0 Å². The lowest BCUT2D eigenvalue weighted by molar-refractivity contribution is -0.677. The summed E-state index contributed by atoms with van der Waals surface area (Å²) in [6, 6.07) is 5.89. The summed E-state index contributed by atoms with van der Waals surface area (Å²) in [6.07, 6.45) is 1.96. The minimum Gasteiger partial charge on any atom is -0.445 e. The average Bonchev–Trinajstić information content (AvgIpc) is 1.94. The molecule has 0 bridgehead atoms. The van der Waals surface area contributed by atoms with Gasteiger partial charge in [0.15, 0.2) is 6.20 Å². The number of hydrogen-bond acceptors (Lipinski definition) is 1. The number of pyridine rings is 1. The van der Waals surface area contributed by atoms with Gasteiger partial charge in [-0.05, 0) is 13.0 Å². The van der Waals surface area contributed by atoms with Gasteiger partial charge in [0.05, 0.1) is 12.7 Å². The molecule has 0 amide bonds. The van der Waals surface area contributed by atoms with E-state index in [0.29, 0.717) is 0 Å². The normalized spacial score (nSPS) is 9.40. The van der Waals surface area contributed by atoms with Crippen LogP contribution in [0.5, 0.6) is 5.88 Å². The van der Waals surface area contributed by atoms with Crippen molar-refractivity contribution in [2.24, 2.45) is 7.05 Å². The second kappa shape index (κ2) is 3.20. The lowest BCUT2D eigenvalue weighted by atomic mass is 10.5. The van der Waals surface area contributed by atoms with Crippen molar-refractivity contribution in [3.63, 3.8) is 0 Å². The molecule has 0 spiro atoms. The summed E-state index contributed by atoms with van der Waals surface area (Å²) in [5, 5.41) is 0. The topological polar surface area (TPSA) is 13.1 Å². The van der Waals surface area contributed by atoms with Crippen LogP contribution in [0.2, 0.25) is 0 Å². The molecule has 0 N–H and O–H groups in total. The highest BCUT2D eigenvalue weighted by molar-refractivity contribution is 5.01. The molecular weight excluding hydrogens is 126 g/mol. The maximum absolute atomic E-state index is 5.30. The van der Waals surface area contributed by atoms with E-state index < -0.39 is 0 Å². The molecule has 2 nitrogen and oxygen atoms in total. The van der Waals surface area contributed by atoms with Gasteiger partial charge in [-0.2, -0.15) is 4.57 Å². The molecule has 0 saturated carbocycles. The Hall–Kier alpha value is -1.05. The molecule has 0 radical (unpaired) electrons. The van der Waals surface area contributed by atoms with E-state index in [1.807, 2.05) is 42.9 Å². The van der Waals surface area contributed by atoms with E-state index in [0.717, 1.165) is 12.5 Å². The summed E-state index contributed by atoms with van der Waals surface area (Å²) in [4.78, 5) is 0. The molecule has 0 aromatic carbocycles. The van der Waals surface area contributed by atoms with Crippen molar-refractivity contribution < 1.29 is 9.30 Å². The predicted molar refractivity (Wildman–Crippen MR) is 38.8 cm³/mol. The summed E-state index contributed by atoms with van der Waals surface area (Å²) in [5.74, 6) is 0.907. The number of rotatable bonds is 2. The Morgan fingerprint density at radius 3 is 2.90 bits per heavy atom. The van der Waals surface area contributed by atoms with Gasteiger partial charge in [-0.1, -0.05) is 0 Å². The van der Waals surface area contributed by atoms with Gasteiger partial charge in [0, 0.05) is 6.07 Å². The molecule has 10 heavy (non-hydrogen) atoms. The third kappa shape index (κ3) is 1.47. The highest BCUT2D eigenvalue weighted by atomic mass is 16.5. The number of aryl methyl sites for hydroxylation is 1. The molecule has 0 fully saturated rings. The van der Waals surface area contributed by atoms with Crippen molar-refractivity contribution in [2.75, 3.05) is 6.61 Å². The SMILES string of the molecule is CCOc1cccc[n+]1C. The number of aromatic nitrogens is 1. The fourth-order valence-corrected chi connectivity index (χ4v) is 0.806. The van der Waals surface area contributed by atoms with E-state index in [1.54, 1.807) is 0 Å². The first-order valence-corrected chi connectivity index (χ1v) is 3.42. The Kier molecular flexibility index (Phi) is 2.26. The van der Waals surface area contributed by atoms with Gasteiger partial charge < -0.3 is 4.74 Å². The van der Waals surface area contributed by atoms with Gasteiger partial charge in [-0.3, -0.25) is 0 Å². The third-order valence-corrected chi connectivity index (χ3v) is 1.30. The number of nitrogens with zero attached hydrogens (tertiary/aromatic N) is 1. The Labute approximate surface area is 61.1 Å². The first-order chi connectivity index (χ1) is 4.84. The summed E-state index contributed by atoms with van der Waals surface area (Å²) in [6.45, 7) is 2.70. The highest BCUT2D eigenvalue weighted by Gasteiger charge is 2.01. The summed E-state index contributed by atoms with van der Waals surface area (Å²) < 4.78 is 7.25. The van der Waals surface area contributed by atoms with E-state index in [1.165, 1.54) is 0 Å². The van der Waals surface area contributed by atoms with E-state index >= 15 is 0 Å². The van der Waals surface area contributed by atoms with Crippen LogP contribution in [0, 0.1) is 0 Å². The minimum absolute atomic E-state index is 0.720. The zero-order valence-electron chi connectivity index (χ0n) is 6.37. The van der Waals surface area contributed by atoms with Crippen molar-refractivity contribution in [1.29, 1.82) is 0 Å². The van der Waals surface area contributed by atoms with Gasteiger partial charge in [0.25, 0.3) is 0 Å². The van der Waals surface area contributed by atoms with Crippen LogP contribution in [0.15, 0.2) is 24.4 Å². The molecule has 2 heteroatoms. The molecule has 1 aromatic heterocycles. The first-order valence-electron chi connectivity index (χ1n) is 3.42. The lowest BCUT2D eigenvalue weighted by Gasteiger charge is -1.97. The zero-order chi connectivity index (χ0) is 7.40. The molecule has 54 valence electrons. The van der Waals surface area contributed by atoms with E-state index in [2.05, 4.69) is 0 Å². The Morgan fingerprint density at radius 1 is 1.50 bits per heavy atom. The van der Waals surface area contributed by atoms with Crippen molar-refractivity contribution in [3.05, 3.63) is 24.4 Å². The lowest BCUT2D eigenvalue weighted by Crippen LogP contribution is -2.29. The Morgan fingerprint density at radius 2 is 2.30 bits per heavy atom. The maximum atomic E-state index is 5.30. The largest absolute Gasteiger partial charge is 0.445 e. The summed E-state index contributed by atoms with van der Waals surface area (Å²) in [5.41, 5.74) is 0. The first kappa shape index (κ1) is 7.06. The van der Waals surface area contributed by atoms with Crippen LogP contribution < -0.4 is 9.30 Å². The molecule has 1 rings (SSSR count). The second-order valence-corrected chi connectivity index (χ2v) is 2.08. The van der Waals surface area contributed by atoms with Gasteiger partial charge >= 0.3 is 5.88 Å². The van der Waals surface area contributed by atoms with Crippen LogP contribution >= 0.6 is 0 Å². The fourth-order valence-electron chi connectivity index (χ4n) is 0.806. The predicted octanol–water partition coefficient (Wildman–Crippen LogP) is 0.910. The molecule has 0 aliphatic rings. The maximum Gasteiger partial charge on any atom is 0.367 e. The monoisotopic (exact) mass is 138 g/mol. The van der Waals surface area contributed by atoms with Crippen molar-refractivity contribution >= 4 is 0 Å². The molecule has 1 heterocycles. The standard InChI is InChI=1S/C8H12NO/c1-3-10-8-6-4-5-7-9(8)2/h4-7H,3H2,1-2H3/q+1. The highest BCUT2D eigenvalue weighted by Crippen LogP contribution is 1.98. The smallest absolute Gasteiger partial charge is 0.367 e. The fraction of sp³-hybridized carbons (Fsp3) is 0.375. The van der Waals surface area contributed by atoms with Crippen molar-refractivity contribution in [1.82, 2.24) is 0 Å². The van der Waals surface area contributed by atoms with Crippen LogP contribution in [0.1, 0.15) is 6.92 Å².